The van der Waals surface area contributed by atoms with Gasteiger partial charge in [0.25, 0.3) is 0 Å². The molecule has 0 saturated heterocycles. The summed E-state index contributed by atoms with van der Waals surface area (Å²) in [4.78, 5) is 22.9. The Morgan fingerprint density at radius 1 is 1.10 bits per heavy atom. The van der Waals surface area contributed by atoms with Crippen LogP contribution in [0.2, 0.25) is 0 Å². The summed E-state index contributed by atoms with van der Waals surface area (Å²) in [5.41, 5.74) is 0.135. The topological polar surface area (TPSA) is 67.4 Å². The van der Waals surface area contributed by atoms with Crippen LogP contribution < -0.4 is 10.6 Å². The Morgan fingerprint density at radius 3 is 2.15 bits per heavy atom. The van der Waals surface area contributed by atoms with Gasteiger partial charge in [-0.05, 0) is 26.0 Å². The van der Waals surface area contributed by atoms with Gasteiger partial charge in [-0.25, -0.2) is 13.6 Å². The lowest BCUT2D eigenvalue weighted by atomic mass is 10.2. The highest BCUT2D eigenvalue weighted by Gasteiger charge is 2.20. The van der Waals surface area contributed by atoms with E-state index in [1.54, 1.807) is 0 Å². The van der Waals surface area contributed by atoms with E-state index in [1.165, 1.54) is 21.0 Å². The highest BCUT2D eigenvalue weighted by Crippen LogP contribution is 2.13. The van der Waals surface area contributed by atoms with Crippen LogP contribution in [-0.4, -0.2) is 31.1 Å². The van der Waals surface area contributed by atoms with Crippen LogP contribution in [0.25, 0.3) is 0 Å². The molecule has 0 aliphatic carbocycles. The fourth-order valence-corrected chi connectivity index (χ4v) is 1.53. The molecule has 0 radical (unpaired) electrons. The van der Waals surface area contributed by atoms with Crippen molar-refractivity contribution in [1.82, 2.24) is 5.32 Å². The van der Waals surface area contributed by atoms with Gasteiger partial charge in [-0.15, -0.1) is 0 Å². The maximum Gasteiger partial charge on any atom is 0.328 e. The van der Waals surface area contributed by atoms with Gasteiger partial charge in [-0.1, -0.05) is 0 Å². The molecule has 1 aromatic rings. The van der Waals surface area contributed by atoms with E-state index in [2.05, 4.69) is 15.4 Å². The van der Waals surface area contributed by atoms with Gasteiger partial charge >= 0.3 is 5.97 Å². The monoisotopic (exact) mass is 286 g/mol. The summed E-state index contributed by atoms with van der Waals surface area (Å²) in [6.45, 7) is 2.97. The average Bonchev–Trinajstić information content (AvgIpc) is 2.36. The minimum atomic E-state index is -0.805. The van der Waals surface area contributed by atoms with Crippen molar-refractivity contribution in [1.29, 1.82) is 0 Å². The van der Waals surface area contributed by atoms with Crippen LogP contribution in [0.5, 0.6) is 0 Å². The van der Waals surface area contributed by atoms with Crippen LogP contribution in [0.1, 0.15) is 13.8 Å². The molecule has 0 aromatic heterocycles. The third-order valence-corrected chi connectivity index (χ3v) is 2.55. The third kappa shape index (κ3) is 4.49. The van der Waals surface area contributed by atoms with E-state index in [-0.39, 0.29) is 5.69 Å². The lowest BCUT2D eigenvalue weighted by Crippen LogP contribution is -2.45. The van der Waals surface area contributed by atoms with E-state index in [1.807, 2.05) is 0 Å². The smallest absolute Gasteiger partial charge is 0.328 e. The number of ether oxygens (including phenoxy) is 1. The number of anilines is 1. The summed E-state index contributed by atoms with van der Waals surface area (Å²) < 4.78 is 30.5. The Kier molecular flexibility index (Phi) is 5.42. The maximum atomic E-state index is 13.0. The van der Waals surface area contributed by atoms with Crippen molar-refractivity contribution < 1.29 is 23.1 Å². The molecule has 2 N–H and O–H groups in total. The average molecular weight is 286 g/mol. The van der Waals surface area contributed by atoms with Crippen molar-refractivity contribution in [3.05, 3.63) is 29.8 Å². The molecule has 0 aliphatic heterocycles. The Labute approximate surface area is 115 Å². The lowest BCUT2D eigenvalue weighted by molar-refractivity contribution is -0.144. The molecule has 2 atom stereocenters. The van der Waals surface area contributed by atoms with Gasteiger partial charge < -0.3 is 15.4 Å². The summed E-state index contributed by atoms with van der Waals surface area (Å²) in [5, 5.41) is 5.06. The number of carbonyl (C=O) groups is 2. The number of methoxy groups -OCH3 is 1. The minimum absolute atomic E-state index is 0.135. The summed E-state index contributed by atoms with van der Waals surface area (Å²) in [6.07, 6.45) is 0. The second-order valence-electron chi connectivity index (χ2n) is 4.28. The first kappa shape index (κ1) is 15.9. The highest BCUT2D eigenvalue weighted by molar-refractivity contribution is 5.88. The fourth-order valence-electron chi connectivity index (χ4n) is 1.53. The van der Waals surface area contributed by atoms with Crippen LogP contribution in [-0.2, 0) is 14.3 Å². The number of amides is 1. The molecule has 0 fully saturated rings. The Balaban J connectivity index is 2.63. The van der Waals surface area contributed by atoms with Crippen molar-refractivity contribution in [2.24, 2.45) is 0 Å². The summed E-state index contributed by atoms with van der Waals surface area (Å²) in [7, 11) is 1.21. The molecule has 110 valence electrons. The number of nitrogens with one attached hydrogen (secondary N) is 2. The largest absolute Gasteiger partial charge is 0.467 e. The Morgan fingerprint density at radius 2 is 1.65 bits per heavy atom. The Hall–Kier alpha value is -2.18. The van der Waals surface area contributed by atoms with Gasteiger partial charge in [-0.2, -0.15) is 0 Å². The number of benzene rings is 1. The van der Waals surface area contributed by atoms with E-state index in [9.17, 15) is 18.4 Å². The van der Waals surface area contributed by atoms with Gasteiger partial charge in [0.05, 0.1) is 7.11 Å². The molecule has 1 rings (SSSR count). The molecule has 5 nitrogen and oxygen atoms in total. The van der Waals surface area contributed by atoms with Gasteiger partial charge in [0.2, 0.25) is 5.91 Å². The van der Waals surface area contributed by atoms with Crippen molar-refractivity contribution in [2.45, 2.75) is 25.9 Å². The van der Waals surface area contributed by atoms with E-state index < -0.39 is 35.6 Å². The molecule has 1 amide bonds. The number of carbonyl (C=O) groups excluding carboxylic acids is 2. The first-order chi connectivity index (χ1) is 9.33. The third-order valence-electron chi connectivity index (χ3n) is 2.55. The second-order valence-corrected chi connectivity index (χ2v) is 4.28. The summed E-state index contributed by atoms with van der Waals surface area (Å²) >= 11 is 0. The van der Waals surface area contributed by atoms with Crippen LogP contribution in [0.3, 0.4) is 0 Å². The van der Waals surface area contributed by atoms with Gasteiger partial charge in [0, 0.05) is 11.8 Å². The van der Waals surface area contributed by atoms with Crippen LogP contribution >= 0.6 is 0 Å². The summed E-state index contributed by atoms with van der Waals surface area (Å²) in [5.74, 6) is -2.57. The molecule has 20 heavy (non-hydrogen) atoms. The van der Waals surface area contributed by atoms with Gasteiger partial charge in [0.15, 0.2) is 0 Å². The van der Waals surface area contributed by atoms with E-state index >= 15 is 0 Å². The highest BCUT2D eigenvalue weighted by atomic mass is 19.1. The number of halogens is 2. The minimum Gasteiger partial charge on any atom is -0.467 e. The molecule has 0 heterocycles. The van der Waals surface area contributed by atoms with E-state index in [0.29, 0.717) is 0 Å². The number of hydrogen-bond acceptors (Lipinski definition) is 4. The number of esters is 1. The van der Waals surface area contributed by atoms with Gasteiger partial charge in [-0.3, -0.25) is 4.79 Å². The fraction of sp³-hybridized carbons (Fsp3) is 0.385. The number of rotatable bonds is 5. The van der Waals surface area contributed by atoms with Crippen LogP contribution in [0.4, 0.5) is 14.5 Å². The molecule has 0 aliphatic rings. The van der Waals surface area contributed by atoms with E-state index in [0.717, 1.165) is 18.2 Å². The quantitative estimate of drug-likeness (QED) is 0.804. The zero-order valence-corrected chi connectivity index (χ0v) is 11.4. The van der Waals surface area contributed by atoms with Crippen LogP contribution in [0.15, 0.2) is 18.2 Å². The zero-order valence-electron chi connectivity index (χ0n) is 11.4. The molecule has 0 spiro atoms. The zero-order chi connectivity index (χ0) is 15.3. The molecule has 0 saturated carbocycles. The van der Waals surface area contributed by atoms with Crippen molar-refractivity contribution in [3.8, 4) is 0 Å². The molecule has 1 aromatic carbocycles. The van der Waals surface area contributed by atoms with Crippen molar-refractivity contribution in [3.63, 3.8) is 0 Å². The maximum absolute atomic E-state index is 13.0. The van der Waals surface area contributed by atoms with Crippen molar-refractivity contribution in [2.75, 3.05) is 12.4 Å². The molecular formula is C13H16F2N2O3. The molecule has 7 heteroatoms. The standard InChI is InChI=1S/C13H16F2N2O3/c1-7(12(18)17-8(2)13(19)20-3)16-11-5-9(14)4-10(15)6-11/h4-8,16H,1-3H3,(H,17,18)/t7-,8-/m0/s1. The summed E-state index contributed by atoms with van der Waals surface area (Å²) in [6, 6.07) is 1.28. The molecule has 0 bridgehead atoms. The van der Waals surface area contributed by atoms with Crippen LogP contribution in [0, 0.1) is 11.6 Å². The molecular weight excluding hydrogens is 270 g/mol. The molecule has 0 unspecified atom stereocenters. The predicted octanol–water partition coefficient (Wildman–Crippen LogP) is 1.44. The van der Waals surface area contributed by atoms with E-state index in [4.69, 9.17) is 0 Å². The Bertz CT molecular complexity index is 488. The lowest BCUT2D eigenvalue weighted by Gasteiger charge is -2.18. The second kappa shape index (κ2) is 6.83. The first-order valence-electron chi connectivity index (χ1n) is 5.94. The first-order valence-corrected chi connectivity index (χ1v) is 5.94. The normalized spacial score (nSPS) is 13.2. The van der Waals surface area contributed by atoms with Crippen molar-refractivity contribution >= 4 is 17.6 Å². The number of hydrogen-bond donors (Lipinski definition) is 2. The van der Waals surface area contributed by atoms with Gasteiger partial charge in [0.1, 0.15) is 23.7 Å². The SMILES string of the molecule is COC(=O)[C@H](C)NC(=O)[C@H](C)Nc1cc(F)cc(F)c1. The predicted molar refractivity (Wildman–Crippen MR) is 69.1 cm³/mol.